The molecule has 1 atom stereocenters. The van der Waals surface area contributed by atoms with E-state index in [1.165, 1.54) is 270 Å². The van der Waals surface area contributed by atoms with E-state index in [-0.39, 0.29) is 5.92 Å². The third kappa shape index (κ3) is 43.9. The molecule has 0 rings (SSSR count). The van der Waals surface area contributed by atoms with E-state index in [4.69, 9.17) is 0 Å². The van der Waals surface area contributed by atoms with Crippen molar-refractivity contribution in [2.45, 2.75) is 309 Å². The topological polar surface area (TPSA) is 37.3 Å². The third-order valence-corrected chi connectivity index (χ3v) is 12.2. The van der Waals surface area contributed by atoms with Gasteiger partial charge in [-0.15, -0.1) is 0 Å². The van der Waals surface area contributed by atoms with E-state index >= 15 is 0 Å². The fourth-order valence-corrected chi connectivity index (χ4v) is 8.39. The zero-order chi connectivity index (χ0) is 37.7. The van der Waals surface area contributed by atoms with Crippen LogP contribution in [0.5, 0.6) is 0 Å². The largest absolute Gasteiger partial charge is 0.481 e. The Morgan fingerprint density at radius 2 is 0.404 bits per heavy atom. The van der Waals surface area contributed by atoms with Crippen LogP contribution in [0.2, 0.25) is 0 Å². The standard InChI is InChI=1S/C50H100O2/c1-3-5-7-9-11-13-15-17-19-21-23-25-26-27-28-30-32-34-36-38-40-42-44-46-48-49(50(51)52)47-45-43-41-39-37-35-33-31-29-24-22-20-18-16-14-12-10-8-6-4-2/h49H,3-48H2,1-2H3,(H,51,52). The van der Waals surface area contributed by atoms with E-state index in [9.17, 15) is 9.90 Å². The van der Waals surface area contributed by atoms with Crippen LogP contribution in [0.25, 0.3) is 0 Å². The van der Waals surface area contributed by atoms with Crippen molar-refractivity contribution >= 4 is 5.97 Å². The highest BCUT2D eigenvalue weighted by Crippen LogP contribution is 2.21. The maximum absolute atomic E-state index is 11.8. The van der Waals surface area contributed by atoms with Crippen LogP contribution in [0, 0.1) is 5.92 Å². The zero-order valence-electron chi connectivity index (χ0n) is 36.5. The molecule has 0 fully saturated rings. The summed E-state index contributed by atoms with van der Waals surface area (Å²) in [5, 5.41) is 9.71. The van der Waals surface area contributed by atoms with Gasteiger partial charge in [0, 0.05) is 0 Å². The number of hydrogen-bond acceptors (Lipinski definition) is 1. The first kappa shape index (κ1) is 51.5. The van der Waals surface area contributed by atoms with E-state index < -0.39 is 5.97 Å². The van der Waals surface area contributed by atoms with Gasteiger partial charge in [0.15, 0.2) is 0 Å². The van der Waals surface area contributed by atoms with Crippen LogP contribution >= 0.6 is 0 Å². The van der Waals surface area contributed by atoms with Gasteiger partial charge in [0.05, 0.1) is 5.92 Å². The highest BCUT2D eigenvalue weighted by Gasteiger charge is 2.16. The van der Waals surface area contributed by atoms with Crippen LogP contribution in [-0.4, -0.2) is 11.1 Å². The first-order valence-electron chi connectivity index (χ1n) is 24.9. The summed E-state index contributed by atoms with van der Waals surface area (Å²) in [6.07, 6.45) is 63.5. The molecule has 0 aromatic heterocycles. The fraction of sp³-hybridized carbons (Fsp3) is 0.980. The van der Waals surface area contributed by atoms with Crippen LogP contribution in [0.4, 0.5) is 0 Å². The molecule has 312 valence electrons. The van der Waals surface area contributed by atoms with Gasteiger partial charge in [0.2, 0.25) is 0 Å². The minimum absolute atomic E-state index is 0.102. The second-order valence-corrected chi connectivity index (χ2v) is 17.5. The Labute approximate surface area is 330 Å². The van der Waals surface area contributed by atoms with E-state index in [1.807, 2.05) is 0 Å². The summed E-state index contributed by atoms with van der Waals surface area (Å²) >= 11 is 0. The minimum Gasteiger partial charge on any atom is -0.481 e. The second-order valence-electron chi connectivity index (χ2n) is 17.5. The molecule has 1 N–H and O–H groups in total. The maximum Gasteiger partial charge on any atom is 0.306 e. The normalized spacial score (nSPS) is 12.2. The van der Waals surface area contributed by atoms with Crippen LogP contribution in [-0.2, 0) is 4.79 Å². The molecule has 0 saturated carbocycles. The monoisotopic (exact) mass is 733 g/mol. The summed E-state index contributed by atoms with van der Waals surface area (Å²) in [5.74, 6) is -0.651. The van der Waals surface area contributed by atoms with E-state index in [1.54, 1.807) is 0 Å². The lowest BCUT2D eigenvalue weighted by Crippen LogP contribution is -2.13. The quantitative estimate of drug-likeness (QED) is 0.0633. The molecule has 0 amide bonds. The Bertz CT molecular complexity index is 644. The van der Waals surface area contributed by atoms with Crippen molar-refractivity contribution in [3.05, 3.63) is 0 Å². The molecule has 0 aromatic rings. The van der Waals surface area contributed by atoms with Crippen molar-refractivity contribution in [1.29, 1.82) is 0 Å². The number of carboxylic acids is 1. The molecule has 0 heterocycles. The van der Waals surface area contributed by atoms with Crippen molar-refractivity contribution in [2.75, 3.05) is 0 Å². The van der Waals surface area contributed by atoms with Gasteiger partial charge in [-0.05, 0) is 12.8 Å². The first-order chi connectivity index (χ1) is 25.7. The second kappa shape index (κ2) is 46.6. The maximum atomic E-state index is 11.8. The van der Waals surface area contributed by atoms with E-state index in [0.29, 0.717) is 0 Å². The van der Waals surface area contributed by atoms with Gasteiger partial charge in [-0.2, -0.15) is 0 Å². The molecular weight excluding hydrogens is 633 g/mol. The first-order valence-corrected chi connectivity index (χ1v) is 24.9. The Kier molecular flexibility index (Phi) is 46.1. The van der Waals surface area contributed by atoms with Crippen molar-refractivity contribution in [2.24, 2.45) is 5.92 Å². The lowest BCUT2D eigenvalue weighted by Gasteiger charge is -2.12. The summed E-state index contributed by atoms with van der Waals surface area (Å²) in [4.78, 5) is 11.8. The molecule has 2 heteroatoms. The lowest BCUT2D eigenvalue weighted by molar-refractivity contribution is -0.142. The summed E-state index contributed by atoms with van der Waals surface area (Å²) in [7, 11) is 0. The average molecular weight is 733 g/mol. The summed E-state index contributed by atoms with van der Waals surface area (Å²) < 4.78 is 0. The predicted molar refractivity (Wildman–Crippen MR) is 235 cm³/mol. The lowest BCUT2D eigenvalue weighted by atomic mass is 9.94. The van der Waals surface area contributed by atoms with Gasteiger partial charge in [0.25, 0.3) is 0 Å². The Morgan fingerprint density at radius 1 is 0.269 bits per heavy atom. The molecule has 2 nitrogen and oxygen atoms in total. The van der Waals surface area contributed by atoms with Crippen LogP contribution in [0.3, 0.4) is 0 Å². The van der Waals surface area contributed by atoms with Crippen molar-refractivity contribution in [3.63, 3.8) is 0 Å². The molecule has 0 aliphatic carbocycles. The van der Waals surface area contributed by atoms with Gasteiger partial charge in [0.1, 0.15) is 0 Å². The molecule has 52 heavy (non-hydrogen) atoms. The summed E-state index contributed by atoms with van der Waals surface area (Å²) in [5.41, 5.74) is 0. The Hall–Kier alpha value is -0.530. The van der Waals surface area contributed by atoms with Crippen molar-refractivity contribution < 1.29 is 9.90 Å². The van der Waals surface area contributed by atoms with Gasteiger partial charge in [-0.3, -0.25) is 4.79 Å². The van der Waals surface area contributed by atoms with Crippen LogP contribution in [0.15, 0.2) is 0 Å². The van der Waals surface area contributed by atoms with Gasteiger partial charge < -0.3 is 5.11 Å². The molecule has 0 spiro atoms. The number of unbranched alkanes of at least 4 members (excludes halogenated alkanes) is 42. The van der Waals surface area contributed by atoms with Crippen molar-refractivity contribution in [1.82, 2.24) is 0 Å². The molecule has 0 aliphatic heterocycles. The summed E-state index contributed by atoms with van der Waals surface area (Å²) in [6.45, 7) is 4.60. The number of aliphatic carboxylic acids is 1. The van der Waals surface area contributed by atoms with Crippen LogP contribution < -0.4 is 0 Å². The molecular formula is C50H100O2. The zero-order valence-corrected chi connectivity index (χ0v) is 36.5. The van der Waals surface area contributed by atoms with Gasteiger partial charge in [-0.25, -0.2) is 0 Å². The van der Waals surface area contributed by atoms with Crippen molar-refractivity contribution in [3.8, 4) is 0 Å². The van der Waals surface area contributed by atoms with E-state index in [0.717, 1.165) is 25.7 Å². The Morgan fingerprint density at radius 3 is 0.538 bits per heavy atom. The highest BCUT2D eigenvalue weighted by molar-refractivity contribution is 5.69. The Balaban J connectivity index is 3.32. The molecule has 0 aliphatic rings. The smallest absolute Gasteiger partial charge is 0.306 e. The molecule has 0 bridgehead atoms. The summed E-state index contributed by atoms with van der Waals surface area (Å²) in [6, 6.07) is 0. The number of hydrogen-bond donors (Lipinski definition) is 1. The molecule has 0 aromatic carbocycles. The van der Waals surface area contributed by atoms with Gasteiger partial charge >= 0.3 is 5.97 Å². The third-order valence-electron chi connectivity index (χ3n) is 12.2. The van der Waals surface area contributed by atoms with E-state index in [2.05, 4.69) is 13.8 Å². The fourth-order valence-electron chi connectivity index (χ4n) is 8.39. The highest BCUT2D eigenvalue weighted by atomic mass is 16.4. The SMILES string of the molecule is CCCCCCCCCCCCCCCCCCCCCCCCCCC(CCCCCCCCCCCCCCCCCCCCCC)C(=O)O. The molecule has 0 saturated heterocycles. The molecule has 0 radical (unpaired) electrons. The average Bonchev–Trinajstić information content (AvgIpc) is 3.14. The number of carboxylic acid groups (broad SMARTS) is 1. The number of carbonyl (C=O) groups is 1. The number of rotatable bonds is 47. The minimum atomic E-state index is -0.549. The predicted octanol–water partition coefficient (Wildman–Crippen LogP) is 18.7. The molecule has 1 unspecified atom stereocenters. The van der Waals surface area contributed by atoms with Crippen LogP contribution in [0.1, 0.15) is 309 Å². The van der Waals surface area contributed by atoms with Gasteiger partial charge in [-0.1, -0.05) is 296 Å².